The lowest BCUT2D eigenvalue weighted by atomic mass is 10.0. The molecule has 0 saturated carbocycles. The highest BCUT2D eigenvalue weighted by molar-refractivity contribution is 5.64. The van der Waals surface area contributed by atoms with Crippen molar-refractivity contribution in [2.24, 2.45) is 0 Å². The minimum absolute atomic E-state index is 0.214. The van der Waals surface area contributed by atoms with Crippen LogP contribution in [0, 0.1) is 0 Å². The Morgan fingerprint density at radius 1 is 1.10 bits per heavy atom. The van der Waals surface area contributed by atoms with Gasteiger partial charge >= 0.3 is 0 Å². The summed E-state index contributed by atoms with van der Waals surface area (Å²) in [4.78, 5) is 0. The number of methoxy groups -OCH3 is 1. The highest BCUT2D eigenvalue weighted by Gasteiger charge is 2.10. The van der Waals surface area contributed by atoms with Crippen molar-refractivity contribution in [2.75, 3.05) is 13.7 Å². The quantitative estimate of drug-likeness (QED) is 0.852. The molecule has 20 heavy (non-hydrogen) atoms. The van der Waals surface area contributed by atoms with Crippen LogP contribution in [-0.4, -0.2) is 13.7 Å². The minimum Gasteiger partial charge on any atom is -0.496 e. The van der Waals surface area contributed by atoms with E-state index in [1.165, 1.54) is 5.56 Å². The number of para-hydroxylation sites is 1. The Bertz CT molecular complexity index is 563. The van der Waals surface area contributed by atoms with Crippen LogP contribution >= 0.6 is 0 Å². The molecule has 0 fully saturated rings. The average Bonchev–Trinajstić information content (AvgIpc) is 2.53. The molecular formula is C18H21NO. The van der Waals surface area contributed by atoms with Gasteiger partial charge in [0.05, 0.1) is 7.11 Å². The van der Waals surface area contributed by atoms with Gasteiger partial charge in [-0.2, -0.15) is 0 Å². The normalized spacial score (nSPS) is 11.9. The first-order chi connectivity index (χ1) is 9.72. The van der Waals surface area contributed by atoms with Crippen LogP contribution < -0.4 is 10.1 Å². The van der Waals surface area contributed by atoms with Crippen LogP contribution in [0.15, 0.2) is 61.2 Å². The fourth-order valence-corrected chi connectivity index (χ4v) is 2.19. The van der Waals surface area contributed by atoms with Crippen molar-refractivity contribution in [3.05, 3.63) is 72.3 Å². The summed E-state index contributed by atoms with van der Waals surface area (Å²) in [6, 6.07) is 18.5. The molecule has 0 spiro atoms. The highest BCUT2D eigenvalue weighted by Crippen LogP contribution is 2.24. The summed E-state index contributed by atoms with van der Waals surface area (Å²) in [5.74, 6) is 0.915. The Kier molecular flexibility index (Phi) is 4.97. The van der Waals surface area contributed by atoms with Crippen molar-refractivity contribution in [2.45, 2.75) is 13.0 Å². The summed E-state index contributed by atoms with van der Waals surface area (Å²) < 4.78 is 5.40. The number of nitrogens with one attached hydrogen (secondary N) is 1. The molecule has 0 aliphatic carbocycles. The molecule has 0 heterocycles. The van der Waals surface area contributed by atoms with Gasteiger partial charge < -0.3 is 10.1 Å². The SMILES string of the molecule is C=C(CN[C@@H](C)c1ccccc1OC)c1ccccc1. The first kappa shape index (κ1) is 14.4. The second-order valence-corrected chi connectivity index (χ2v) is 4.81. The van der Waals surface area contributed by atoms with Gasteiger partial charge in [0.1, 0.15) is 5.75 Å². The van der Waals surface area contributed by atoms with E-state index in [0.717, 1.165) is 23.4 Å². The van der Waals surface area contributed by atoms with E-state index in [0.29, 0.717) is 0 Å². The molecular weight excluding hydrogens is 246 g/mol. The zero-order valence-corrected chi connectivity index (χ0v) is 12.1. The predicted molar refractivity (Wildman–Crippen MR) is 84.9 cm³/mol. The van der Waals surface area contributed by atoms with Gasteiger partial charge in [-0.3, -0.25) is 0 Å². The number of hydrogen-bond donors (Lipinski definition) is 1. The summed E-state index contributed by atoms with van der Waals surface area (Å²) in [5, 5.41) is 3.49. The predicted octanol–water partition coefficient (Wildman–Crippen LogP) is 4.06. The summed E-state index contributed by atoms with van der Waals surface area (Å²) in [7, 11) is 1.70. The molecule has 0 saturated heterocycles. The lowest BCUT2D eigenvalue weighted by Gasteiger charge is -2.18. The van der Waals surface area contributed by atoms with E-state index in [1.54, 1.807) is 7.11 Å². The summed E-state index contributed by atoms with van der Waals surface area (Å²) in [5.41, 5.74) is 3.43. The fourth-order valence-electron chi connectivity index (χ4n) is 2.19. The first-order valence-electron chi connectivity index (χ1n) is 6.82. The molecule has 0 bridgehead atoms. The minimum atomic E-state index is 0.214. The summed E-state index contributed by atoms with van der Waals surface area (Å²) >= 11 is 0. The Hall–Kier alpha value is -2.06. The molecule has 104 valence electrons. The van der Waals surface area contributed by atoms with Gasteiger partial charge in [-0.25, -0.2) is 0 Å². The Labute approximate surface area is 121 Å². The van der Waals surface area contributed by atoms with Crippen molar-refractivity contribution in [3.63, 3.8) is 0 Å². The number of benzene rings is 2. The maximum Gasteiger partial charge on any atom is 0.123 e. The third kappa shape index (κ3) is 3.49. The highest BCUT2D eigenvalue weighted by atomic mass is 16.5. The molecule has 1 atom stereocenters. The molecule has 0 aliphatic rings. The second-order valence-electron chi connectivity index (χ2n) is 4.81. The zero-order chi connectivity index (χ0) is 14.4. The van der Waals surface area contributed by atoms with E-state index in [1.807, 2.05) is 36.4 Å². The van der Waals surface area contributed by atoms with E-state index >= 15 is 0 Å². The standard InChI is InChI=1S/C18H21NO/c1-14(16-9-5-4-6-10-16)13-19-15(2)17-11-7-8-12-18(17)20-3/h4-12,15,19H,1,13H2,2-3H3/t15-/m0/s1. The Morgan fingerprint density at radius 3 is 2.45 bits per heavy atom. The smallest absolute Gasteiger partial charge is 0.123 e. The second kappa shape index (κ2) is 6.92. The summed E-state index contributed by atoms with van der Waals surface area (Å²) in [6.45, 7) is 7.03. The van der Waals surface area contributed by atoms with Gasteiger partial charge in [0.15, 0.2) is 0 Å². The molecule has 2 aromatic carbocycles. The van der Waals surface area contributed by atoms with Crippen LogP contribution in [0.1, 0.15) is 24.1 Å². The number of ether oxygens (including phenoxy) is 1. The molecule has 2 aromatic rings. The molecule has 2 rings (SSSR count). The van der Waals surface area contributed by atoms with Crippen molar-refractivity contribution in [1.29, 1.82) is 0 Å². The molecule has 2 nitrogen and oxygen atoms in total. The molecule has 0 radical (unpaired) electrons. The summed E-state index contributed by atoms with van der Waals surface area (Å²) in [6.07, 6.45) is 0. The van der Waals surface area contributed by atoms with Crippen LogP contribution in [0.25, 0.3) is 5.57 Å². The monoisotopic (exact) mass is 267 g/mol. The van der Waals surface area contributed by atoms with E-state index in [9.17, 15) is 0 Å². The van der Waals surface area contributed by atoms with Gasteiger partial charge in [-0.05, 0) is 24.1 Å². The molecule has 0 aliphatic heterocycles. The van der Waals surface area contributed by atoms with E-state index in [2.05, 4.69) is 37.0 Å². The number of rotatable bonds is 6. The van der Waals surface area contributed by atoms with E-state index in [-0.39, 0.29) is 6.04 Å². The van der Waals surface area contributed by atoms with Crippen LogP contribution in [0.4, 0.5) is 0 Å². The third-order valence-corrected chi connectivity index (χ3v) is 3.41. The van der Waals surface area contributed by atoms with Gasteiger partial charge in [-0.1, -0.05) is 55.1 Å². The molecule has 1 N–H and O–H groups in total. The van der Waals surface area contributed by atoms with Gasteiger partial charge in [0.25, 0.3) is 0 Å². The van der Waals surface area contributed by atoms with Crippen molar-refractivity contribution >= 4 is 5.57 Å². The maximum atomic E-state index is 5.40. The lowest BCUT2D eigenvalue weighted by Crippen LogP contribution is -2.21. The van der Waals surface area contributed by atoms with Crippen molar-refractivity contribution < 1.29 is 4.74 Å². The third-order valence-electron chi connectivity index (χ3n) is 3.41. The van der Waals surface area contributed by atoms with Crippen LogP contribution in [0.3, 0.4) is 0 Å². The van der Waals surface area contributed by atoms with Gasteiger partial charge in [0.2, 0.25) is 0 Å². The maximum absolute atomic E-state index is 5.40. The van der Waals surface area contributed by atoms with Crippen molar-refractivity contribution in [3.8, 4) is 5.75 Å². The van der Waals surface area contributed by atoms with Crippen LogP contribution in [-0.2, 0) is 0 Å². The Balaban J connectivity index is 1.99. The topological polar surface area (TPSA) is 21.3 Å². The fraction of sp³-hybridized carbons (Fsp3) is 0.222. The zero-order valence-electron chi connectivity index (χ0n) is 12.1. The first-order valence-corrected chi connectivity index (χ1v) is 6.82. The molecule has 0 aromatic heterocycles. The molecule has 2 heteroatoms. The number of hydrogen-bond acceptors (Lipinski definition) is 2. The Morgan fingerprint density at radius 2 is 1.75 bits per heavy atom. The van der Waals surface area contributed by atoms with Crippen molar-refractivity contribution in [1.82, 2.24) is 5.32 Å². The van der Waals surface area contributed by atoms with Gasteiger partial charge in [0, 0.05) is 18.2 Å². The van der Waals surface area contributed by atoms with Crippen LogP contribution in [0.2, 0.25) is 0 Å². The molecule has 0 amide bonds. The molecule has 0 unspecified atom stereocenters. The lowest BCUT2D eigenvalue weighted by molar-refractivity contribution is 0.403. The largest absolute Gasteiger partial charge is 0.496 e. The van der Waals surface area contributed by atoms with Crippen LogP contribution in [0.5, 0.6) is 5.75 Å². The average molecular weight is 267 g/mol. The van der Waals surface area contributed by atoms with E-state index < -0.39 is 0 Å². The van der Waals surface area contributed by atoms with E-state index in [4.69, 9.17) is 4.74 Å². The van der Waals surface area contributed by atoms with Gasteiger partial charge in [-0.15, -0.1) is 0 Å².